The summed E-state index contributed by atoms with van der Waals surface area (Å²) >= 11 is 9.53. The molecule has 2 rings (SSSR count). The van der Waals surface area contributed by atoms with Gasteiger partial charge in [0, 0.05) is 23.1 Å². The molecule has 0 bridgehead atoms. The monoisotopic (exact) mass is 334 g/mol. The van der Waals surface area contributed by atoms with Crippen LogP contribution in [0.1, 0.15) is 11.1 Å². The average molecular weight is 336 g/mol. The molecule has 0 fully saturated rings. The van der Waals surface area contributed by atoms with E-state index in [9.17, 15) is 5.26 Å². The first kappa shape index (κ1) is 13.9. The molecule has 0 saturated heterocycles. The smallest absolute Gasteiger partial charge is 0.101 e. The number of benzene rings is 2. The van der Waals surface area contributed by atoms with E-state index in [1.54, 1.807) is 0 Å². The van der Waals surface area contributed by atoms with E-state index in [1.165, 1.54) is 0 Å². The number of hydrogen-bond acceptors (Lipinski definition) is 2. The first-order valence-corrected chi connectivity index (χ1v) is 6.93. The molecule has 2 nitrogen and oxygen atoms in total. The second-order valence-corrected chi connectivity index (χ2v) is 5.54. The lowest BCUT2D eigenvalue weighted by atomic mass is 10.1. The Bertz CT molecular complexity index is 634. The van der Waals surface area contributed by atoms with Gasteiger partial charge in [-0.05, 0) is 29.8 Å². The molecule has 0 unspecified atom stereocenters. The van der Waals surface area contributed by atoms with Gasteiger partial charge in [-0.15, -0.1) is 0 Å². The Morgan fingerprint density at radius 1 is 1.26 bits per heavy atom. The molecule has 0 aromatic heterocycles. The van der Waals surface area contributed by atoms with Gasteiger partial charge in [0.15, 0.2) is 0 Å². The Hall–Kier alpha value is -1.50. The predicted octanol–water partition coefficient (Wildman–Crippen LogP) is 4.61. The summed E-state index contributed by atoms with van der Waals surface area (Å²) in [5.74, 6) is 0. The van der Waals surface area contributed by atoms with Crippen LogP contribution in [-0.4, -0.2) is 7.05 Å². The molecular formula is C15H12BrClN2. The van der Waals surface area contributed by atoms with Crippen LogP contribution in [0.25, 0.3) is 0 Å². The summed E-state index contributed by atoms with van der Waals surface area (Å²) < 4.78 is 0.902. The molecule has 0 N–H and O–H groups in total. The molecule has 19 heavy (non-hydrogen) atoms. The SMILES string of the molecule is CN(Cc1ccccc1Cl)c1ccc(Br)cc1C#N. The topological polar surface area (TPSA) is 27.0 Å². The Kier molecular flexibility index (Phi) is 4.47. The molecule has 0 amide bonds. The number of anilines is 1. The molecule has 96 valence electrons. The van der Waals surface area contributed by atoms with E-state index in [-0.39, 0.29) is 0 Å². The molecule has 2 aromatic rings. The van der Waals surface area contributed by atoms with Crippen LogP contribution in [-0.2, 0) is 6.54 Å². The van der Waals surface area contributed by atoms with Gasteiger partial charge in [0.2, 0.25) is 0 Å². The normalized spacial score (nSPS) is 10.0. The lowest BCUT2D eigenvalue weighted by Gasteiger charge is -2.21. The highest BCUT2D eigenvalue weighted by Crippen LogP contribution is 2.25. The van der Waals surface area contributed by atoms with Crippen molar-refractivity contribution in [1.29, 1.82) is 5.26 Å². The van der Waals surface area contributed by atoms with E-state index in [0.29, 0.717) is 12.1 Å². The highest BCUT2D eigenvalue weighted by molar-refractivity contribution is 9.10. The van der Waals surface area contributed by atoms with Crippen LogP contribution in [0.15, 0.2) is 46.9 Å². The number of halogens is 2. The largest absolute Gasteiger partial charge is 0.369 e. The van der Waals surface area contributed by atoms with Crippen LogP contribution in [0.3, 0.4) is 0 Å². The number of hydrogen-bond donors (Lipinski definition) is 0. The molecule has 0 atom stereocenters. The van der Waals surface area contributed by atoms with Gasteiger partial charge in [-0.2, -0.15) is 5.26 Å². The molecule has 0 aliphatic carbocycles. The Labute approximate surface area is 126 Å². The van der Waals surface area contributed by atoms with Crippen molar-refractivity contribution in [3.63, 3.8) is 0 Å². The van der Waals surface area contributed by atoms with Crippen LogP contribution in [0, 0.1) is 11.3 Å². The zero-order valence-corrected chi connectivity index (χ0v) is 12.7. The summed E-state index contributed by atoms with van der Waals surface area (Å²) in [6, 6.07) is 15.6. The average Bonchev–Trinajstić information content (AvgIpc) is 2.41. The summed E-state index contributed by atoms with van der Waals surface area (Å²) in [4.78, 5) is 2.02. The molecule has 4 heteroatoms. The van der Waals surface area contributed by atoms with Crippen molar-refractivity contribution in [3.05, 3.63) is 63.1 Å². The fraction of sp³-hybridized carbons (Fsp3) is 0.133. The van der Waals surface area contributed by atoms with E-state index in [2.05, 4.69) is 22.0 Å². The lowest BCUT2D eigenvalue weighted by Crippen LogP contribution is -2.17. The van der Waals surface area contributed by atoms with E-state index in [1.807, 2.05) is 54.4 Å². The second-order valence-electron chi connectivity index (χ2n) is 4.22. The van der Waals surface area contributed by atoms with Gasteiger partial charge in [-0.1, -0.05) is 45.7 Å². The maximum absolute atomic E-state index is 9.19. The van der Waals surface area contributed by atoms with Gasteiger partial charge in [-0.25, -0.2) is 0 Å². The first-order chi connectivity index (χ1) is 9.11. The molecule has 2 aromatic carbocycles. The van der Waals surface area contributed by atoms with Crippen LogP contribution in [0.5, 0.6) is 0 Å². The highest BCUT2D eigenvalue weighted by atomic mass is 79.9. The summed E-state index contributed by atoms with van der Waals surface area (Å²) in [7, 11) is 1.95. The zero-order valence-electron chi connectivity index (χ0n) is 10.4. The molecule has 0 aliphatic rings. The first-order valence-electron chi connectivity index (χ1n) is 5.76. The van der Waals surface area contributed by atoms with Crippen LogP contribution in [0.2, 0.25) is 5.02 Å². The summed E-state index contributed by atoms with van der Waals surface area (Å²) in [6.45, 7) is 0.663. The molecule has 0 heterocycles. The van der Waals surface area contributed by atoms with Gasteiger partial charge in [0.25, 0.3) is 0 Å². The lowest BCUT2D eigenvalue weighted by molar-refractivity contribution is 0.921. The van der Waals surface area contributed by atoms with Gasteiger partial charge < -0.3 is 4.90 Å². The van der Waals surface area contributed by atoms with Crippen molar-refractivity contribution < 1.29 is 0 Å². The third-order valence-electron chi connectivity index (χ3n) is 2.86. The van der Waals surface area contributed by atoms with Crippen molar-refractivity contribution >= 4 is 33.2 Å². The summed E-state index contributed by atoms with van der Waals surface area (Å²) in [5.41, 5.74) is 2.58. The van der Waals surface area contributed by atoms with Crippen molar-refractivity contribution in [2.24, 2.45) is 0 Å². The Balaban J connectivity index is 2.28. The van der Waals surface area contributed by atoms with Crippen LogP contribution >= 0.6 is 27.5 Å². The van der Waals surface area contributed by atoms with E-state index >= 15 is 0 Å². The minimum Gasteiger partial charge on any atom is -0.369 e. The molecule has 0 saturated carbocycles. The van der Waals surface area contributed by atoms with Gasteiger partial charge in [0.05, 0.1) is 11.3 Å². The fourth-order valence-corrected chi connectivity index (χ4v) is 2.45. The fourth-order valence-electron chi connectivity index (χ4n) is 1.90. The third kappa shape index (κ3) is 3.28. The molecular weight excluding hydrogens is 324 g/mol. The van der Waals surface area contributed by atoms with Gasteiger partial charge in [0.1, 0.15) is 6.07 Å². The van der Waals surface area contributed by atoms with Crippen LogP contribution < -0.4 is 4.90 Å². The van der Waals surface area contributed by atoms with E-state index < -0.39 is 0 Å². The van der Waals surface area contributed by atoms with Crippen molar-refractivity contribution in [3.8, 4) is 6.07 Å². The Morgan fingerprint density at radius 2 is 2.00 bits per heavy atom. The van der Waals surface area contributed by atoms with Crippen molar-refractivity contribution in [2.75, 3.05) is 11.9 Å². The maximum Gasteiger partial charge on any atom is 0.101 e. The molecule has 0 radical (unpaired) electrons. The molecule has 0 spiro atoms. The maximum atomic E-state index is 9.19. The van der Waals surface area contributed by atoms with Crippen molar-refractivity contribution in [1.82, 2.24) is 0 Å². The predicted molar refractivity (Wildman–Crippen MR) is 82.4 cm³/mol. The second kappa shape index (κ2) is 6.10. The van der Waals surface area contributed by atoms with E-state index in [0.717, 1.165) is 20.7 Å². The third-order valence-corrected chi connectivity index (χ3v) is 3.72. The van der Waals surface area contributed by atoms with Gasteiger partial charge >= 0.3 is 0 Å². The highest BCUT2D eigenvalue weighted by Gasteiger charge is 2.09. The van der Waals surface area contributed by atoms with Crippen LogP contribution in [0.4, 0.5) is 5.69 Å². The molecule has 0 aliphatic heterocycles. The minimum atomic E-state index is 0.643. The zero-order chi connectivity index (χ0) is 13.8. The van der Waals surface area contributed by atoms with E-state index in [4.69, 9.17) is 11.6 Å². The summed E-state index contributed by atoms with van der Waals surface area (Å²) in [6.07, 6.45) is 0. The Morgan fingerprint density at radius 3 is 2.68 bits per heavy atom. The van der Waals surface area contributed by atoms with Gasteiger partial charge in [-0.3, -0.25) is 0 Å². The quantitative estimate of drug-likeness (QED) is 0.819. The minimum absolute atomic E-state index is 0.643. The van der Waals surface area contributed by atoms with Crippen molar-refractivity contribution in [2.45, 2.75) is 6.54 Å². The summed E-state index contributed by atoms with van der Waals surface area (Å²) in [5, 5.41) is 9.93. The number of rotatable bonds is 3. The standard InChI is InChI=1S/C15H12BrClN2/c1-19(10-11-4-2-3-5-14(11)17)15-7-6-13(16)8-12(15)9-18/h2-8H,10H2,1H3. The number of nitrogens with zero attached hydrogens (tertiary/aromatic N) is 2. The number of nitriles is 1.